The van der Waals surface area contributed by atoms with Crippen LogP contribution in [0.1, 0.15) is 0 Å². The molecule has 0 fully saturated rings. The van der Waals surface area contributed by atoms with E-state index in [4.69, 9.17) is 16.7 Å². The van der Waals surface area contributed by atoms with Crippen molar-refractivity contribution in [2.24, 2.45) is 4.99 Å². The summed E-state index contributed by atoms with van der Waals surface area (Å²) in [5.41, 5.74) is 0. The standard InChI is InChI=1S/C5H6ClNO/c6-5-2-1-4(8)3-7-5/h1-2,4,8H,3H2. The van der Waals surface area contributed by atoms with Gasteiger partial charge in [-0.25, -0.2) is 0 Å². The van der Waals surface area contributed by atoms with Gasteiger partial charge in [0.05, 0.1) is 12.6 Å². The molecule has 1 unspecified atom stereocenters. The van der Waals surface area contributed by atoms with Crippen LogP contribution in [0.25, 0.3) is 0 Å². The van der Waals surface area contributed by atoms with E-state index in [9.17, 15) is 0 Å². The van der Waals surface area contributed by atoms with E-state index in [1.54, 1.807) is 12.2 Å². The van der Waals surface area contributed by atoms with Crippen molar-refractivity contribution in [3.8, 4) is 0 Å². The van der Waals surface area contributed by atoms with E-state index in [2.05, 4.69) is 4.99 Å². The number of aliphatic hydroxyl groups excluding tert-OH is 1. The summed E-state index contributed by atoms with van der Waals surface area (Å²) >= 11 is 5.43. The Hall–Kier alpha value is -0.340. The minimum absolute atomic E-state index is 0.398. The van der Waals surface area contributed by atoms with E-state index in [1.165, 1.54) is 0 Å². The normalized spacial score (nSPS) is 27.8. The Morgan fingerprint density at radius 1 is 1.88 bits per heavy atom. The Morgan fingerprint density at radius 3 is 3.00 bits per heavy atom. The zero-order valence-electron chi connectivity index (χ0n) is 4.21. The van der Waals surface area contributed by atoms with Crippen molar-refractivity contribution in [2.75, 3.05) is 6.54 Å². The summed E-state index contributed by atoms with van der Waals surface area (Å²) in [4.78, 5) is 3.76. The number of aliphatic imine (C=N–C) groups is 1. The minimum atomic E-state index is -0.433. The first-order valence-corrected chi connectivity index (χ1v) is 2.73. The lowest BCUT2D eigenvalue weighted by molar-refractivity contribution is 0.231. The van der Waals surface area contributed by atoms with Crippen LogP contribution in [-0.2, 0) is 0 Å². The van der Waals surface area contributed by atoms with Gasteiger partial charge in [-0.3, -0.25) is 4.99 Å². The second-order valence-corrected chi connectivity index (χ2v) is 1.98. The molecule has 2 nitrogen and oxygen atoms in total. The van der Waals surface area contributed by atoms with Crippen LogP contribution in [0.5, 0.6) is 0 Å². The maximum absolute atomic E-state index is 8.77. The molecular formula is C5H6ClNO. The van der Waals surface area contributed by atoms with Crippen LogP contribution < -0.4 is 0 Å². The van der Waals surface area contributed by atoms with Gasteiger partial charge in [0, 0.05) is 0 Å². The number of aliphatic hydroxyl groups is 1. The van der Waals surface area contributed by atoms with Gasteiger partial charge < -0.3 is 5.11 Å². The topological polar surface area (TPSA) is 32.6 Å². The molecule has 1 aliphatic heterocycles. The Bertz CT molecular complexity index is 141. The molecule has 0 aliphatic carbocycles. The van der Waals surface area contributed by atoms with Crippen LogP contribution in [0, 0.1) is 0 Å². The molecule has 0 aromatic rings. The highest BCUT2D eigenvalue weighted by Crippen LogP contribution is 1.99. The lowest BCUT2D eigenvalue weighted by Gasteiger charge is -2.04. The molecule has 0 saturated carbocycles. The van der Waals surface area contributed by atoms with Gasteiger partial charge in [-0.2, -0.15) is 0 Å². The number of dihydropyridines is 1. The Kier molecular flexibility index (Phi) is 1.65. The van der Waals surface area contributed by atoms with E-state index in [1.807, 2.05) is 0 Å². The van der Waals surface area contributed by atoms with E-state index in [0.717, 1.165) is 0 Å². The van der Waals surface area contributed by atoms with Crippen LogP contribution in [0.4, 0.5) is 0 Å². The molecule has 3 heteroatoms. The summed E-state index contributed by atoms with van der Waals surface area (Å²) in [6.07, 6.45) is 2.78. The van der Waals surface area contributed by atoms with E-state index < -0.39 is 6.10 Å². The predicted octanol–water partition coefficient (Wildman–Crippen LogP) is 0.554. The molecule has 44 valence electrons. The van der Waals surface area contributed by atoms with Gasteiger partial charge in [-0.05, 0) is 6.08 Å². The van der Waals surface area contributed by atoms with E-state index >= 15 is 0 Å². The quantitative estimate of drug-likeness (QED) is 0.512. The van der Waals surface area contributed by atoms with Gasteiger partial charge in [0.2, 0.25) is 0 Å². The average Bonchev–Trinajstić information content (AvgIpc) is 1.77. The molecule has 1 aliphatic rings. The van der Waals surface area contributed by atoms with Gasteiger partial charge >= 0.3 is 0 Å². The average molecular weight is 132 g/mol. The number of halogens is 1. The van der Waals surface area contributed by atoms with Gasteiger partial charge in [-0.15, -0.1) is 0 Å². The molecule has 0 saturated heterocycles. The van der Waals surface area contributed by atoms with Crippen molar-refractivity contribution in [2.45, 2.75) is 6.10 Å². The van der Waals surface area contributed by atoms with Gasteiger partial charge in [0.25, 0.3) is 0 Å². The third kappa shape index (κ3) is 1.32. The van der Waals surface area contributed by atoms with E-state index in [0.29, 0.717) is 11.7 Å². The highest BCUT2D eigenvalue weighted by Gasteiger charge is 2.01. The summed E-state index contributed by atoms with van der Waals surface area (Å²) in [5, 5.41) is 9.24. The lowest BCUT2D eigenvalue weighted by atomic mass is 10.3. The number of nitrogens with zero attached hydrogens (tertiary/aromatic N) is 1. The van der Waals surface area contributed by atoms with Gasteiger partial charge in [0.1, 0.15) is 5.17 Å². The summed E-state index contributed by atoms with van der Waals surface area (Å²) in [7, 11) is 0. The Morgan fingerprint density at radius 2 is 2.62 bits per heavy atom. The zero-order valence-corrected chi connectivity index (χ0v) is 4.97. The number of allylic oxidation sites excluding steroid dienone is 1. The molecule has 0 radical (unpaired) electrons. The fourth-order valence-corrected chi connectivity index (χ4v) is 0.627. The highest BCUT2D eigenvalue weighted by molar-refractivity contribution is 6.68. The number of hydrogen-bond acceptors (Lipinski definition) is 2. The molecule has 0 aromatic heterocycles. The van der Waals surface area contributed by atoms with E-state index in [-0.39, 0.29) is 0 Å². The summed E-state index contributed by atoms with van der Waals surface area (Å²) < 4.78 is 0. The third-order valence-electron chi connectivity index (χ3n) is 0.885. The molecular weight excluding hydrogens is 126 g/mol. The smallest absolute Gasteiger partial charge is 0.123 e. The van der Waals surface area contributed by atoms with Crippen molar-refractivity contribution in [1.29, 1.82) is 0 Å². The van der Waals surface area contributed by atoms with Crippen molar-refractivity contribution in [3.63, 3.8) is 0 Å². The van der Waals surface area contributed by atoms with Gasteiger partial charge in [0.15, 0.2) is 0 Å². The van der Waals surface area contributed by atoms with Crippen LogP contribution in [-0.4, -0.2) is 22.9 Å². The zero-order chi connectivity index (χ0) is 5.98. The number of hydrogen-bond donors (Lipinski definition) is 1. The van der Waals surface area contributed by atoms with Crippen LogP contribution in [0.15, 0.2) is 17.1 Å². The highest BCUT2D eigenvalue weighted by atomic mass is 35.5. The summed E-state index contributed by atoms with van der Waals surface area (Å²) in [5.74, 6) is 0. The first kappa shape index (κ1) is 5.79. The first-order chi connectivity index (χ1) is 3.79. The summed E-state index contributed by atoms with van der Waals surface area (Å²) in [6, 6.07) is 0. The second kappa shape index (κ2) is 2.29. The SMILES string of the molecule is OC1C=CC(Cl)=NC1. The molecule has 1 atom stereocenters. The largest absolute Gasteiger partial charge is 0.387 e. The van der Waals surface area contributed by atoms with Crippen molar-refractivity contribution in [1.82, 2.24) is 0 Å². The molecule has 1 rings (SSSR count). The summed E-state index contributed by atoms with van der Waals surface area (Å²) in [6.45, 7) is 0.398. The maximum atomic E-state index is 8.77. The molecule has 0 bridgehead atoms. The number of rotatable bonds is 0. The molecule has 0 amide bonds. The van der Waals surface area contributed by atoms with Crippen LogP contribution >= 0.6 is 11.6 Å². The fraction of sp³-hybridized carbons (Fsp3) is 0.400. The van der Waals surface area contributed by atoms with Crippen molar-refractivity contribution < 1.29 is 5.11 Å². The molecule has 8 heavy (non-hydrogen) atoms. The Balaban J connectivity index is 2.58. The van der Waals surface area contributed by atoms with Crippen LogP contribution in [0.2, 0.25) is 0 Å². The molecule has 0 spiro atoms. The maximum Gasteiger partial charge on any atom is 0.123 e. The van der Waals surface area contributed by atoms with Crippen molar-refractivity contribution >= 4 is 16.8 Å². The van der Waals surface area contributed by atoms with Gasteiger partial charge in [-0.1, -0.05) is 17.7 Å². The minimum Gasteiger partial charge on any atom is -0.387 e. The first-order valence-electron chi connectivity index (χ1n) is 2.35. The molecule has 1 heterocycles. The molecule has 1 N–H and O–H groups in total. The predicted molar refractivity (Wildman–Crippen MR) is 33.3 cm³/mol. The fourth-order valence-electron chi connectivity index (χ4n) is 0.485. The second-order valence-electron chi connectivity index (χ2n) is 1.59. The van der Waals surface area contributed by atoms with Crippen LogP contribution in [0.3, 0.4) is 0 Å². The molecule has 0 aromatic carbocycles. The lowest BCUT2D eigenvalue weighted by Crippen LogP contribution is -2.11. The third-order valence-corrected chi connectivity index (χ3v) is 1.13. The Labute approximate surface area is 52.5 Å². The van der Waals surface area contributed by atoms with Crippen molar-refractivity contribution in [3.05, 3.63) is 12.2 Å². The monoisotopic (exact) mass is 131 g/mol.